The predicted molar refractivity (Wildman–Crippen MR) is 115 cm³/mol. The van der Waals surface area contributed by atoms with Gasteiger partial charge >= 0.3 is 0 Å². The highest BCUT2D eigenvalue weighted by atomic mass is 35.5. The number of hydrogen-bond acceptors (Lipinski definition) is 2. The van der Waals surface area contributed by atoms with Crippen LogP contribution in [0.4, 0.5) is 5.82 Å². The highest BCUT2D eigenvalue weighted by molar-refractivity contribution is 6.32. The molecule has 1 heterocycles. The summed E-state index contributed by atoms with van der Waals surface area (Å²) in [4.78, 5) is 12.8. The second-order valence-corrected chi connectivity index (χ2v) is 8.57. The number of aromatic nitrogens is 2. The minimum absolute atomic E-state index is 0.150. The van der Waals surface area contributed by atoms with Gasteiger partial charge in [-0.25, -0.2) is 4.68 Å². The van der Waals surface area contributed by atoms with Gasteiger partial charge in [-0.3, -0.25) is 4.79 Å². The van der Waals surface area contributed by atoms with Crippen molar-refractivity contribution >= 4 is 23.3 Å². The first-order chi connectivity index (χ1) is 13.2. The van der Waals surface area contributed by atoms with Crippen molar-refractivity contribution in [1.82, 2.24) is 9.78 Å². The molecule has 0 aliphatic rings. The first-order valence-corrected chi connectivity index (χ1v) is 9.78. The number of halogens is 1. The van der Waals surface area contributed by atoms with Gasteiger partial charge in [0.1, 0.15) is 11.2 Å². The number of hydrogen-bond donors (Lipinski definition) is 1. The van der Waals surface area contributed by atoms with Crippen molar-refractivity contribution in [2.75, 3.05) is 5.32 Å². The van der Waals surface area contributed by atoms with E-state index >= 15 is 0 Å². The number of rotatable bonds is 4. The Bertz CT molecular complexity index is 987. The van der Waals surface area contributed by atoms with Crippen molar-refractivity contribution in [3.05, 3.63) is 77.0 Å². The predicted octanol–water partition coefficient (Wildman–Crippen LogP) is 5.71. The lowest BCUT2D eigenvalue weighted by atomic mass is 9.92. The maximum Gasteiger partial charge on any atom is 0.248 e. The van der Waals surface area contributed by atoms with Crippen molar-refractivity contribution in [2.24, 2.45) is 0 Å². The molecule has 1 atom stereocenters. The van der Waals surface area contributed by atoms with Crippen LogP contribution in [-0.2, 0) is 10.2 Å². The molecule has 0 saturated carbocycles. The second kappa shape index (κ2) is 7.80. The molecule has 5 heteroatoms. The maximum atomic E-state index is 12.8. The Balaban J connectivity index is 1.99. The summed E-state index contributed by atoms with van der Waals surface area (Å²) in [7, 11) is 0. The topological polar surface area (TPSA) is 46.9 Å². The van der Waals surface area contributed by atoms with Crippen LogP contribution < -0.4 is 5.32 Å². The average molecular weight is 396 g/mol. The molecule has 0 aliphatic heterocycles. The highest BCUT2D eigenvalue weighted by Gasteiger charge is 2.24. The van der Waals surface area contributed by atoms with E-state index in [9.17, 15) is 4.79 Å². The number of aryl methyl sites for hydroxylation is 2. The van der Waals surface area contributed by atoms with Crippen LogP contribution in [-0.4, -0.2) is 15.7 Å². The fourth-order valence-corrected chi connectivity index (χ4v) is 3.23. The Morgan fingerprint density at radius 3 is 2.36 bits per heavy atom. The van der Waals surface area contributed by atoms with Crippen molar-refractivity contribution in [2.45, 2.75) is 45.4 Å². The van der Waals surface area contributed by atoms with E-state index in [4.69, 9.17) is 16.7 Å². The minimum atomic E-state index is -0.776. The number of nitrogens with one attached hydrogen (secondary N) is 1. The number of benzene rings is 2. The Morgan fingerprint density at radius 2 is 1.75 bits per heavy atom. The van der Waals surface area contributed by atoms with Gasteiger partial charge < -0.3 is 5.32 Å². The number of carbonyl (C=O) groups excluding carboxylic acids is 1. The molecule has 1 N–H and O–H groups in total. The quantitative estimate of drug-likeness (QED) is 0.575. The maximum absolute atomic E-state index is 12.8. The molecule has 0 aliphatic carbocycles. The lowest BCUT2D eigenvalue weighted by Crippen LogP contribution is -2.19. The summed E-state index contributed by atoms with van der Waals surface area (Å²) in [5, 5.41) is 6.98. The molecule has 0 radical (unpaired) electrons. The molecule has 0 fully saturated rings. The van der Waals surface area contributed by atoms with Gasteiger partial charge in [-0.05, 0) is 31.0 Å². The van der Waals surface area contributed by atoms with E-state index in [0.29, 0.717) is 5.82 Å². The lowest BCUT2D eigenvalue weighted by molar-refractivity contribution is -0.116. The lowest BCUT2D eigenvalue weighted by Gasteiger charge is -2.15. The van der Waals surface area contributed by atoms with E-state index in [2.05, 4.69) is 39.1 Å². The van der Waals surface area contributed by atoms with Gasteiger partial charge in [-0.15, -0.1) is 11.6 Å². The Kier molecular flexibility index (Phi) is 5.61. The average Bonchev–Trinajstić information content (AvgIpc) is 3.05. The molecular formula is C23H26ClN3O. The van der Waals surface area contributed by atoms with Crippen LogP contribution in [0.5, 0.6) is 0 Å². The first kappa shape index (κ1) is 20.2. The summed E-state index contributed by atoms with van der Waals surface area (Å²) in [6, 6.07) is 17.4. The van der Waals surface area contributed by atoms with Crippen LogP contribution >= 0.6 is 11.6 Å². The zero-order valence-corrected chi connectivity index (χ0v) is 17.7. The van der Waals surface area contributed by atoms with Crippen molar-refractivity contribution in [3.8, 4) is 5.69 Å². The third kappa shape index (κ3) is 4.28. The summed E-state index contributed by atoms with van der Waals surface area (Å²) in [6.07, 6.45) is 0. The summed E-state index contributed by atoms with van der Waals surface area (Å²) < 4.78 is 1.79. The van der Waals surface area contributed by atoms with Gasteiger partial charge in [-0.1, -0.05) is 68.8 Å². The van der Waals surface area contributed by atoms with Gasteiger partial charge in [0.2, 0.25) is 5.91 Å². The molecule has 3 aromatic rings. The largest absolute Gasteiger partial charge is 0.309 e. The molecule has 0 unspecified atom stereocenters. The number of nitrogens with zero attached hydrogens (tertiary/aromatic N) is 2. The SMILES string of the molecule is Cc1ccc(-n2nc(C(C)(C)C)cc2NC(=O)[C@@H](Cl)c2ccccc2)c(C)c1. The highest BCUT2D eigenvalue weighted by Crippen LogP contribution is 2.29. The first-order valence-electron chi connectivity index (χ1n) is 9.35. The fourth-order valence-electron chi connectivity index (χ4n) is 3.03. The van der Waals surface area contributed by atoms with Crippen molar-refractivity contribution < 1.29 is 4.79 Å². The molecule has 0 spiro atoms. The van der Waals surface area contributed by atoms with E-state index in [0.717, 1.165) is 22.5 Å². The van der Waals surface area contributed by atoms with Crippen molar-refractivity contribution in [3.63, 3.8) is 0 Å². The normalized spacial score (nSPS) is 12.6. The Labute approximate surface area is 171 Å². The van der Waals surface area contributed by atoms with Crippen LogP contribution in [0.1, 0.15) is 48.5 Å². The number of anilines is 1. The third-order valence-corrected chi connectivity index (χ3v) is 5.08. The van der Waals surface area contributed by atoms with Crippen LogP contribution in [0, 0.1) is 13.8 Å². The third-order valence-electron chi connectivity index (χ3n) is 4.63. The minimum Gasteiger partial charge on any atom is -0.309 e. The molecule has 4 nitrogen and oxygen atoms in total. The van der Waals surface area contributed by atoms with Crippen LogP contribution in [0.2, 0.25) is 0 Å². The zero-order chi connectivity index (χ0) is 20.5. The van der Waals surface area contributed by atoms with E-state index in [1.807, 2.05) is 55.5 Å². The van der Waals surface area contributed by atoms with Crippen LogP contribution in [0.15, 0.2) is 54.6 Å². The van der Waals surface area contributed by atoms with Gasteiger partial charge in [0, 0.05) is 11.5 Å². The standard InChI is InChI=1S/C23H26ClN3O/c1-15-11-12-18(16(2)13-15)27-20(14-19(26-27)23(3,4)5)25-22(28)21(24)17-9-7-6-8-10-17/h6-14,21H,1-5H3,(H,25,28)/t21-/m0/s1. The summed E-state index contributed by atoms with van der Waals surface area (Å²) in [5.74, 6) is 0.336. The van der Waals surface area contributed by atoms with Gasteiger partial charge in [0.25, 0.3) is 0 Å². The number of amides is 1. The number of alkyl halides is 1. The van der Waals surface area contributed by atoms with Gasteiger partial charge in [0.15, 0.2) is 0 Å². The van der Waals surface area contributed by atoms with E-state index in [1.165, 1.54) is 5.56 Å². The van der Waals surface area contributed by atoms with E-state index in [-0.39, 0.29) is 11.3 Å². The van der Waals surface area contributed by atoms with Crippen LogP contribution in [0.3, 0.4) is 0 Å². The van der Waals surface area contributed by atoms with E-state index in [1.54, 1.807) is 4.68 Å². The summed E-state index contributed by atoms with van der Waals surface area (Å²) in [5.41, 5.74) is 4.71. The second-order valence-electron chi connectivity index (χ2n) is 8.13. The molecule has 0 bridgehead atoms. The molecule has 1 aromatic heterocycles. The molecule has 28 heavy (non-hydrogen) atoms. The monoisotopic (exact) mass is 395 g/mol. The molecule has 2 aromatic carbocycles. The van der Waals surface area contributed by atoms with E-state index < -0.39 is 5.38 Å². The smallest absolute Gasteiger partial charge is 0.248 e. The molecule has 3 rings (SSSR count). The summed E-state index contributed by atoms with van der Waals surface area (Å²) >= 11 is 6.41. The molecule has 0 saturated heterocycles. The molecule has 1 amide bonds. The van der Waals surface area contributed by atoms with Crippen molar-refractivity contribution in [1.29, 1.82) is 0 Å². The molecule has 146 valence electrons. The Morgan fingerprint density at radius 1 is 1.07 bits per heavy atom. The number of carbonyl (C=O) groups is 1. The van der Waals surface area contributed by atoms with Crippen LogP contribution in [0.25, 0.3) is 5.69 Å². The van der Waals surface area contributed by atoms with Gasteiger partial charge in [0.05, 0.1) is 11.4 Å². The molecular weight excluding hydrogens is 370 g/mol. The fraction of sp³-hybridized carbons (Fsp3) is 0.304. The zero-order valence-electron chi connectivity index (χ0n) is 17.0. The Hall–Kier alpha value is -2.59. The van der Waals surface area contributed by atoms with Gasteiger partial charge in [-0.2, -0.15) is 5.10 Å². The summed E-state index contributed by atoms with van der Waals surface area (Å²) in [6.45, 7) is 10.4.